The summed E-state index contributed by atoms with van der Waals surface area (Å²) in [5.74, 6) is 0.708. The highest BCUT2D eigenvalue weighted by Crippen LogP contribution is 2.28. The van der Waals surface area contributed by atoms with E-state index in [4.69, 9.17) is 14.2 Å². The third kappa shape index (κ3) is 5.12. The van der Waals surface area contributed by atoms with Crippen molar-refractivity contribution < 1.29 is 23.9 Å². The quantitative estimate of drug-likeness (QED) is 0.233. The molecule has 8 heteroatoms. The molecule has 0 aliphatic carbocycles. The van der Waals surface area contributed by atoms with Crippen LogP contribution in [0.25, 0.3) is 0 Å². The summed E-state index contributed by atoms with van der Waals surface area (Å²) in [6.45, 7) is 0.200. The van der Waals surface area contributed by atoms with Crippen LogP contribution in [0, 0.1) is 10.1 Å². The maximum absolute atomic E-state index is 12.0. The SMILES string of the molecule is COc1ccc(OCCOC(=O)c2ccc(SC)c([N+](=O)[O-])c2)cc1. The van der Waals surface area contributed by atoms with Gasteiger partial charge in [0.2, 0.25) is 0 Å². The number of carbonyl (C=O) groups is 1. The van der Waals surface area contributed by atoms with E-state index in [-0.39, 0.29) is 24.5 Å². The molecule has 25 heavy (non-hydrogen) atoms. The van der Waals surface area contributed by atoms with Crippen LogP contribution in [0.1, 0.15) is 10.4 Å². The highest BCUT2D eigenvalue weighted by Gasteiger charge is 2.17. The highest BCUT2D eigenvalue weighted by molar-refractivity contribution is 7.98. The zero-order valence-corrected chi connectivity index (χ0v) is 14.6. The fourth-order valence-corrected chi connectivity index (χ4v) is 2.56. The minimum atomic E-state index is -0.630. The number of rotatable bonds is 8. The summed E-state index contributed by atoms with van der Waals surface area (Å²) in [5, 5.41) is 11.0. The molecule has 0 heterocycles. The van der Waals surface area contributed by atoms with Gasteiger partial charge < -0.3 is 14.2 Å². The Morgan fingerprint density at radius 1 is 1.12 bits per heavy atom. The number of carbonyl (C=O) groups excluding carboxylic acids is 1. The summed E-state index contributed by atoms with van der Waals surface area (Å²) in [7, 11) is 1.57. The minimum Gasteiger partial charge on any atom is -0.497 e. The number of thioether (sulfide) groups is 1. The van der Waals surface area contributed by atoms with Crippen LogP contribution in [-0.4, -0.2) is 37.5 Å². The summed E-state index contributed by atoms with van der Waals surface area (Å²) >= 11 is 1.24. The molecule has 0 radical (unpaired) electrons. The Kier molecular flexibility index (Phi) is 6.64. The van der Waals surface area contributed by atoms with Gasteiger partial charge in [-0.3, -0.25) is 10.1 Å². The van der Waals surface area contributed by atoms with Crippen LogP contribution in [0.15, 0.2) is 47.4 Å². The van der Waals surface area contributed by atoms with E-state index in [0.717, 1.165) is 0 Å². The van der Waals surface area contributed by atoms with Crippen LogP contribution in [0.4, 0.5) is 5.69 Å². The second-order valence-electron chi connectivity index (χ2n) is 4.80. The molecule has 0 spiro atoms. The van der Waals surface area contributed by atoms with Crippen molar-refractivity contribution in [2.24, 2.45) is 0 Å². The van der Waals surface area contributed by atoms with E-state index in [9.17, 15) is 14.9 Å². The van der Waals surface area contributed by atoms with E-state index < -0.39 is 10.9 Å². The smallest absolute Gasteiger partial charge is 0.338 e. The van der Waals surface area contributed by atoms with Crippen LogP contribution in [0.5, 0.6) is 11.5 Å². The predicted octanol–water partition coefficient (Wildman–Crippen LogP) is 3.56. The van der Waals surface area contributed by atoms with Crippen molar-refractivity contribution in [2.75, 3.05) is 26.6 Å². The van der Waals surface area contributed by atoms with Crippen molar-refractivity contribution in [3.05, 3.63) is 58.1 Å². The Morgan fingerprint density at radius 3 is 2.40 bits per heavy atom. The van der Waals surface area contributed by atoms with Gasteiger partial charge in [0.25, 0.3) is 5.69 Å². The molecule has 132 valence electrons. The maximum Gasteiger partial charge on any atom is 0.338 e. The average Bonchev–Trinajstić information content (AvgIpc) is 2.64. The molecule has 0 aromatic heterocycles. The number of hydrogen-bond acceptors (Lipinski definition) is 7. The van der Waals surface area contributed by atoms with Crippen molar-refractivity contribution in [3.63, 3.8) is 0 Å². The molecule has 0 fully saturated rings. The van der Waals surface area contributed by atoms with Crippen molar-refractivity contribution in [1.82, 2.24) is 0 Å². The van der Waals surface area contributed by atoms with Gasteiger partial charge >= 0.3 is 5.97 Å². The molecule has 2 rings (SSSR count). The number of benzene rings is 2. The molecule has 7 nitrogen and oxygen atoms in total. The molecule has 0 saturated carbocycles. The van der Waals surface area contributed by atoms with Crippen molar-refractivity contribution in [3.8, 4) is 11.5 Å². The summed E-state index contributed by atoms with van der Waals surface area (Å²) in [4.78, 5) is 23.0. The molecule has 0 amide bonds. The number of nitro groups is 1. The average molecular weight is 363 g/mol. The first-order valence-corrected chi connectivity index (χ1v) is 8.54. The molecule has 2 aromatic rings. The Bertz CT molecular complexity index is 747. The van der Waals surface area contributed by atoms with Crippen LogP contribution < -0.4 is 9.47 Å². The van der Waals surface area contributed by atoms with E-state index in [2.05, 4.69) is 0 Å². The number of ether oxygens (including phenoxy) is 3. The van der Waals surface area contributed by atoms with E-state index in [1.54, 1.807) is 37.6 Å². The molecule has 0 aliphatic rings. The molecule has 0 saturated heterocycles. The summed E-state index contributed by atoms with van der Waals surface area (Å²) < 4.78 is 15.6. The standard InChI is InChI=1S/C17H17NO6S/c1-22-13-4-6-14(7-5-13)23-9-10-24-17(19)12-3-8-16(25-2)15(11-12)18(20)21/h3-8,11H,9-10H2,1-2H3. The number of nitrogens with zero attached hydrogens (tertiary/aromatic N) is 1. The lowest BCUT2D eigenvalue weighted by Gasteiger charge is -2.08. The molecule has 0 unspecified atom stereocenters. The van der Waals surface area contributed by atoms with Gasteiger partial charge in [-0.1, -0.05) is 0 Å². The zero-order valence-electron chi connectivity index (χ0n) is 13.8. The molecule has 2 aromatic carbocycles. The molecular formula is C17H17NO6S. The van der Waals surface area contributed by atoms with E-state index in [0.29, 0.717) is 16.4 Å². The largest absolute Gasteiger partial charge is 0.497 e. The van der Waals surface area contributed by atoms with Gasteiger partial charge in [0.05, 0.1) is 22.5 Å². The highest BCUT2D eigenvalue weighted by atomic mass is 32.2. The Balaban J connectivity index is 1.87. The summed E-state index contributed by atoms with van der Waals surface area (Å²) in [6, 6.07) is 11.3. The summed E-state index contributed by atoms with van der Waals surface area (Å²) in [6.07, 6.45) is 1.73. The third-order valence-corrected chi connectivity index (χ3v) is 4.04. The first-order chi connectivity index (χ1) is 12.0. The lowest BCUT2D eigenvalue weighted by atomic mass is 10.2. The van der Waals surface area contributed by atoms with E-state index in [1.807, 2.05) is 0 Å². The Labute approximate surface area is 149 Å². The van der Waals surface area contributed by atoms with E-state index >= 15 is 0 Å². The lowest BCUT2D eigenvalue weighted by Crippen LogP contribution is -2.12. The Hall–Kier alpha value is -2.74. The van der Waals surface area contributed by atoms with Gasteiger partial charge in [-0.25, -0.2) is 4.79 Å². The van der Waals surface area contributed by atoms with Gasteiger partial charge in [0.1, 0.15) is 24.7 Å². The van der Waals surface area contributed by atoms with E-state index in [1.165, 1.54) is 30.0 Å². The van der Waals surface area contributed by atoms with Gasteiger partial charge in [0.15, 0.2) is 0 Å². The van der Waals surface area contributed by atoms with Gasteiger partial charge in [-0.2, -0.15) is 0 Å². The third-order valence-electron chi connectivity index (χ3n) is 3.26. The monoisotopic (exact) mass is 363 g/mol. The fraction of sp³-hybridized carbons (Fsp3) is 0.235. The van der Waals surface area contributed by atoms with Crippen LogP contribution in [0.3, 0.4) is 0 Å². The lowest BCUT2D eigenvalue weighted by molar-refractivity contribution is -0.387. The second-order valence-corrected chi connectivity index (χ2v) is 5.65. The number of nitro benzene ring substituents is 1. The number of esters is 1. The van der Waals surface area contributed by atoms with Gasteiger partial charge in [-0.15, -0.1) is 11.8 Å². The molecule has 0 aliphatic heterocycles. The first-order valence-electron chi connectivity index (χ1n) is 7.31. The predicted molar refractivity (Wildman–Crippen MR) is 93.6 cm³/mol. The first kappa shape index (κ1) is 18.6. The normalized spacial score (nSPS) is 10.2. The zero-order chi connectivity index (χ0) is 18.2. The van der Waals surface area contributed by atoms with Crippen LogP contribution in [0.2, 0.25) is 0 Å². The van der Waals surface area contributed by atoms with Crippen molar-refractivity contribution >= 4 is 23.4 Å². The van der Waals surface area contributed by atoms with Crippen molar-refractivity contribution in [2.45, 2.75) is 4.90 Å². The summed E-state index contributed by atoms with van der Waals surface area (Å²) in [5.41, 5.74) is 0.0189. The second kappa shape index (κ2) is 8.93. The number of methoxy groups -OCH3 is 1. The maximum atomic E-state index is 12.0. The van der Waals surface area contributed by atoms with Gasteiger partial charge in [-0.05, 0) is 42.7 Å². The molecular weight excluding hydrogens is 346 g/mol. The molecule has 0 bridgehead atoms. The van der Waals surface area contributed by atoms with Crippen LogP contribution >= 0.6 is 11.8 Å². The number of hydrogen-bond donors (Lipinski definition) is 0. The minimum absolute atomic E-state index is 0.0307. The van der Waals surface area contributed by atoms with Crippen LogP contribution in [-0.2, 0) is 4.74 Å². The Morgan fingerprint density at radius 2 is 1.80 bits per heavy atom. The molecule has 0 N–H and O–H groups in total. The van der Waals surface area contributed by atoms with Crippen molar-refractivity contribution in [1.29, 1.82) is 0 Å². The fourth-order valence-electron chi connectivity index (χ4n) is 2.01. The topological polar surface area (TPSA) is 87.9 Å². The van der Waals surface area contributed by atoms with Gasteiger partial charge in [0, 0.05) is 6.07 Å². The molecule has 0 atom stereocenters.